The van der Waals surface area contributed by atoms with E-state index in [1.54, 1.807) is 13.0 Å². The van der Waals surface area contributed by atoms with Crippen LogP contribution in [0.3, 0.4) is 0 Å². The molecule has 2 rings (SSSR count). The number of aromatic nitrogens is 1. The van der Waals surface area contributed by atoms with E-state index < -0.39 is 4.92 Å². The first kappa shape index (κ1) is 13.0. The summed E-state index contributed by atoms with van der Waals surface area (Å²) < 4.78 is 6.03. The van der Waals surface area contributed by atoms with Crippen LogP contribution in [-0.4, -0.2) is 9.91 Å². The van der Waals surface area contributed by atoms with Crippen molar-refractivity contribution in [2.75, 3.05) is 0 Å². The molecule has 7 heteroatoms. The van der Waals surface area contributed by atoms with Crippen LogP contribution in [0.15, 0.2) is 33.3 Å². The van der Waals surface area contributed by atoms with Crippen LogP contribution in [0, 0.1) is 10.1 Å². The third-order valence-corrected chi connectivity index (χ3v) is 2.89. The summed E-state index contributed by atoms with van der Waals surface area (Å²) in [5.74, 6) is 0.830. The third kappa shape index (κ3) is 2.70. The predicted molar refractivity (Wildman–Crippen MR) is 70.6 cm³/mol. The molecule has 2 aromatic rings. The number of non-ortho nitro benzene ring substituents is 1. The number of hydrogen-bond donors (Lipinski definition) is 0. The lowest BCUT2D eigenvalue weighted by Crippen LogP contribution is -1.88. The van der Waals surface area contributed by atoms with E-state index in [9.17, 15) is 10.1 Å². The highest BCUT2D eigenvalue weighted by molar-refractivity contribution is 9.10. The second-order valence-electron chi connectivity index (χ2n) is 3.63. The van der Waals surface area contributed by atoms with Gasteiger partial charge in [-0.3, -0.25) is 10.1 Å². The molecule has 94 valence electrons. The average molecular weight is 332 g/mol. The standard InChI is InChI=1S/C11H8BrClN2O3/c1-6(13)11-14-5-10(18-11)7-2-8(12)4-9(3-7)15(16)17/h2-6H,1H3. The maximum atomic E-state index is 10.8. The Morgan fingerprint density at radius 2 is 2.22 bits per heavy atom. The van der Waals surface area contributed by atoms with Crippen LogP contribution >= 0.6 is 27.5 Å². The Kier molecular flexibility index (Phi) is 3.68. The van der Waals surface area contributed by atoms with Gasteiger partial charge in [-0.2, -0.15) is 0 Å². The van der Waals surface area contributed by atoms with E-state index in [-0.39, 0.29) is 11.1 Å². The maximum Gasteiger partial charge on any atom is 0.271 e. The van der Waals surface area contributed by atoms with Gasteiger partial charge in [0.15, 0.2) is 5.76 Å². The summed E-state index contributed by atoms with van der Waals surface area (Å²) in [5.41, 5.74) is 0.559. The highest BCUT2D eigenvalue weighted by Crippen LogP contribution is 2.30. The van der Waals surface area contributed by atoms with Crippen LogP contribution in [-0.2, 0) is 0 Å². The number of nitro groups is 1. The molecule has 1 atom stereocenters. The van der Waals surface area contributed by atoms with Gasteiger partial charge in [0.1, 0.15) is 5.38 Å². The molecule has 0 amide bonds. The lowest BCUT2D eigenvalue weighted by atomic mass is 10.1. The van der Waals surface area contributed by atoms with E-state index >= 15 is 0 Å². The zero-order valence-corrected chi connectivity index (χ0v) is 11.6. The maximum absolute atomic E-state index is 10.8. The van der Waals surface area contributed by atoms with Gasteiger partial charge in [-0.15, -0.1) is 11.6 Å². The topological polar surface area (TPSA) is 69.2 Å². The van der Waals surface area contributed by atoms with Crippen LogP contribution in [0.25, 0.3) is 11.3 Å². The summed E-state index contributed by atoms with van der Waals surface area (Å²) in [6.07, 6.45) is 1.50. The fraction of sp³-hybridized carbons (Fsp3) is 0.182. The lowest BCUT2D eigenvalue weighted by molar-refractivity contribution is -0.384. The number of hydrogen-bond acceptors (Lipinski definition) is 4. The van der Waals surface area contributed by atoms with E-state index in [2.05, 4.69) is 20.9 Å². The van der Waals surface area contributed by atoms with Crippen LogP contribution in [0.1, 0.15) is 18.2 Å². The number of nitrogens with zero attached hydrogens (tertiary/aromatic N) is 2. The minimum absolute atomic E-state index is 0.0174. The van der Waals surface area contributed by atoms with E-state index in [4.69, 9.17) is 16.0 Å². The van der Waals surface area contributed by atoms with Crippen molar-refractivity contribution in [3.05, 3.63) is 44.9 Å². The molecular formula is C11H8BrClN2O3. The predicted octanol–water partition coefficient (Wildman–Crippen LogP) is 4.31. The molecule has 0 spiro atoms. The average Bonchev–Trinajstić information content (AvgIpc) is 2.77. The van der Waals surface area contributed by atoms with Crippen LogP contribution in [0.5, 0.6) is 0 Å². The smallest absolute Gasteiger partial charge is 0.271 e. The van der Waals surface area contributed by atoms with E-state index in [1.807, 2.05) is 0 Å². The van der Waals surface area contributed by atoms with Crippen molar-refractivity contribution < 1.29 is 9.34 Å². The second-order valence-corrected chi connectivity index (χ2v) is 5.20. The Morgan fingerprint density at radius 1 is 1.50 bits per heavy atom. The van der Waals surface area contributed by atoms with E-state index in [0.29, 0.717) is 21.7 Å². The Bertz CT molecular complexity index is 598. The SMILES string of the molecule is CC(Cl)c1ncc(-c2cc(Br)cc([N+](=O)[O-])c2)o1. The van der Waals surface area contributed by atoms with Crippen LogP contribution < -0.4 is 0 Å². The summed E-state index contributed by atoms with van der Waals surface area (Å²) in [4.78, 5) is 14.3. The molecule has 0 radical (unpaired) electrons. The van der Waals surface area contributed by atoms with Crippen molar-refractivity contribution in [2.24, 2.45) is 0 Å². The minimum Gasteiger partial charge on any atom is -0.439 e. The van der Waals surface area contributed by atoms with Crippen molar-refractivity contribution in [2.45, 2.75) is 12.3 Å². The first-order valence-corrected chi connectivity index (χ1v) is 6.25. The Morgan fingerprint density at radius 3 is 2.78 bits per heavy atom. The Hall–Kier alpha value is -1.40. The summed E-state index contributed by atoms with van der Waals surface area (Å²) >= 11 is 9.06. The van der Waals surface area contributed by atoms with Gasteiger partial charge in [0.05, 0.1) is 11.1 Å². The zero-order valence-electron chi connectivity index (χ0n) is 9.26. The second kappa shape index (κ2) is 5.07. The summed E-state index contributed by atoms with van der Waals surface area (Å²) in [5, 5.41) is 10.4. The summed E-state index contributed by atoms with van der Waals surface area (Å²) in [7, 11) is 0. The molecule has 1 heterocycles. The van der Waals surface area contributed by atoms with Gasteiger partial charge < -0.3 is 4.42 Å². The molecule has 1 aromatic carbocycles. The van der Waals surface area contributed by atoms with Gasteiger partial charge in [0.2, 0.25) is 5.89 Å². The van der Waals surface area contributed by atoms with Gasteiger partial charge in [-0.25, -0.2) is 4.98 Å². The van der Waals surface area contributed by atoms with E-state index in [0.717, 1.165) is 0 Å². The Labute approximate surface area is 116 Å². The van der Waals surface area contributed by atoms with Gasteiger partial charge in [-0.05, 0) is 13.0 Å². The molecule has 1 aromatic heterocycles. The van der Waals surface area contributed by atoms with Crippen molar-refractivity contribution in [1.82, 2.24) is 4.98 Å². The van der Waals surface area contributed by atoms with Crippen molar-refractivity contribution in [1.29, 1.82) is 0 Å². The molecule has 0 aliphatic rings. The fourth-order valence-electron chi connectivity index (χ4n) is 1.43. The minimum atomic E-state index is -0.463. The molecule has 0 fully saturated rings. The molecule has 0 bridgehead atoms. The molecule has 1 unspecified atom stereocenters. The van der Waals surface area contributed by atoms with Crippen molar-refractivity contribution in [3.63, 3.8) is 0 Å². The van der Waals surface area contributed by atoms with Crippen molar-refractivity contribution in [3.8, 4) is 11.3 Å². The van der Waals surface area contributed by atoms with Crippen LogP contribution in [0.4, 0.5) is 5.69 Å². The number of benzene rings is 1. The Balaban J connectivity index is 2.46. The molecular weight excluding hydrogens is 323 g/mol. The van der Waals surface area contributed by atoms with E-state index in [1.165, 1.54) is 18.3 Å². The molecule has 5 nitrogen and oxygen atoms in total. The number of halogens is 2. The van der Waals surface area contributed by atoms with Crippen molar-refractivity contribution >= 4 is 33.2 Å². The van der Waals surface area contributed by atoms with Gasteiger partial charge in [0.25, 0.3) is 5.69 Å². The normalized spacial score (nSPS) is 12.4. The van der Waals surface area contributed by atoms with Gasteiger partial charge in [-0.1, -0.05) is 15.9 Å². The third-order valence-electron chi connectivity index (χ3n) is 2.24. The summed E-state index contributed by atoms with van der Waals surface area (Å²) in [6, 6.07) is 4.56. The number of nitro benzene ring substituents is 1. The zero-order chi connectivity index (χ0) is 13.3. The monoisotopic (exact) mass is 330 g/mol. The highest BCUT2D eigenvalue weighted by atomic mass is 79.9. The molecule has 0 saturated heterocycles. The molecule has 0 aliphatic carbocycles. The summed E-state index contributed by atoms with van der Waals surface area (Å²) in [6.45, 7) is 1.74. The van der Waals surface area contributed by atoms with Gasteiger partial charge >= 0.3 is 0 Å². The quantitative estimate of drug-likeness (QED) is 0.477. The number of alkyl halides is 1. The number of oxazole rings is 1. The van der Waals surface area contributed by atoms with Crippen LogP contribution in [0.2, 0.25) is 0 Å². The molecule has 18 heavy (non-hydrogen) atoms. The largest absolute Gasteiger partial charge is 0.439 e. The first-order chi connectivity index (χ1) is 8.47. The fourth-order valence-corrected chi connectivity index (χ4v) is 2.01. The molecule has 0 N–H and O–H groups in total. The lowest BCUT2D eigenvalue weighted by Gasteiger charge is -1.99. The first-order valence-electron chi connectivity index (χ1n) is 5.02. The molecule has 0 saturated carbocycles. The molecule has 0 aliphatic heterocycles. The number of rotatable bonds is 3. The highest BCUT2D eigenvalue weighted by Gasteiger charge is 2.14. The van der Waals surface area contributed by atoms with Gasteiger partial charge in [0, 0.05) is 22.2 Å².